The first kappa shape index (κ1) is 20.6. The number of aromatic nitrogens is 5. The van der Waals surface area contributed by atoms with Gasteiger partial charge in [0.1, 0.15) is 5.82 Å². The van der Waals surface area contributed by atoms with Gasteiger partial charge in [-0.1, -0.05) is 0 Å². The quantitative estimate of drug-likeness (QED) is 0.514. The van der Waals surface area contributed by atoms with Crippen molar-refractivity contribution in [1.82, 2.24) is 29.6 Å². The molecule has 0 bridgehead atoms. The molecule has 6 rings (SSSR count). The SMILES string of the molecule is CC(C)N1CCC(n2ncc3c(N4CCOCC4)nc(-c4ccc5[nH]ccc5c4)nc32)CC1. The average molecular weight is 446 g/mol. The molecule has 8 heteroatoms. The Bertz CT molecular complexity index is 1260. The number of fused-ring (bicyclic) bond motifs is 2. The Morgan fingerprint density at radius 1 is 1.03 bits per heavy atom. The van der Waals surface area contributed by atoms with Gasteiger partial charge >= 0.3 is 0 Å². The Morgan fingerprint density at radius 2 is 1.85 bits per heavy atom. The summed E-state index contributed by atoms with van der Waals surface area (Å²) < 4.78 is 7.77. The number of anilines is 1. The molecule has 2 aliphatic heterocycles. The molecule has 0 aliphatic carbocycles. The largest absolute Gasteiger partial charge is 0.378 e. The maximum atomic E-state index is 5.60. The van der Waals surface area contributed by atoms with Crippen molar-refractivity contribution in [3.63, 3.8) is 0 Å². The minimum atomic E-state index is 0.366. The van der Waals surface area contributed by atoms with E-state index < -0.39 is 0 Å². The molecule has 33 heavy (non-hydrogen) atoms. The molecule has 2 aliphatic rings. The first-order valence-corrected chi connectivity index (χ1v) is 12.1. The Kier molecular flexibility index (Phi) is 5.27. The van der Waals surface area contributed by atoms with Gasteiger partial charge in [-0.3, -0.25) is 0 Å². The molecule has 0 radical (unpaired) electrons. The lowest BCUT2D eigenvalue weighted by Crippen LogP contribution is -2.39. The average Bonchev–Trinajstić information content (AvgIpc) is 3.50. The van der Waals surface area contributed by atoms with Crippen LogP contribution in [0.3, 0.4) is 0 Å². The van der Waals surface area contributed by atoms with E-state index in [1.54, 1.807) is 0 Å². The van der Waals surface area contributed by atoms with E-state index in [2.05, 4.69) is 57.6 Å². The van der Waals surface area contributed by atoms with Crippen LogP contribution in [0.15, 0.2) is 36.7 Å². The van der Waals surface area contributed by atoms with E-state index in [0.717, 1.165) is 86.0 Å². The topological polar surface area (TPSA) is 75.1 Å². The molecule has 8 nitrogen and oxygen atoms in total. The van der Waals surface area contributed by atoms with Gasteiger partial charge in [0, 0.05) is 54.9 Å². The van der Waals surface area contributed by atoms with Crippen LogP contribution >= 0.6 is 0 Å². The van der Waals surface area contributed by atoms with Crippen LogP contribution in [0.4, 0.5) is 5.82 Å². The number of rotatable bonds is 4. The van der Waals surface area contributed by atoms with Crippen molar-refractivity contribution < 1.29 is 4.74 Å². The van der Waals surface area contributed by atoms with Crippen molar-refractivity contribution in [2.24, 2.45) is 0 Å². The Balaban J connectivity index is 1.44. The van der Waals surface area contributed by atoms with Gasteiger partial charge in [-0.15, -0.1) is 0 Å². The second-order valence-electron chi connectivity index (χ2n) is 9.44. The van der Waals surface area contributed by atoms with Gasteiger partial charge in [0.05, 0.1) is 30.8 Å². The fourth-order valence-corrected chi connectivity index (χ4v) is 5.16. The number of aromatic amines is 1. The zero-order chi connectivity index (χ0) is 22.4. The Morgan fingerprint density at radius 3 is 2.64 bits per heavy atom. The second-order valence-corrected chi connectivity index (χ2v) is 9.44. The molecule has 3 aromatic heterocycles. The third-order valence-corrected chi connectivity index (χ3v) is 7.13. The summed E-state index contributed by atoms with van der Waals surface area (Å²) in [6.07, 6.45) is 6.12. The predicted octanol–water partition coefficient (Wildman–Crippen LogP) is 3.86. The van der Waals surface area contributed by atoms with E-state index in [0.29, 0.717) is 12.1 Å². The molecular formula is C25H31N7O. The van der Waals surface area contributed by atoms with Crippen LogP contribution in [-0.4, -0.2) is 75.1 Å². The highest BCUT2D eigenvalue weighted by molar-refractivity contribution is 5.90. The van der Waals surface area contributed by atoms with E-state index in [9.17, 15) is 0 Å². The maximum Gasteiger partial charge on any atom is 0.164 e. The zero-order valence-corrected chi connectivity index (χ0v) is 19.4. The van der Waals surface area contributed by atoms with Crippen molar-refractivity contribution in [3.05, 3.63) is 36.7 Å². The maximum absolute atomic E-state index is 5.60. The Labute approximate surface area is 193 Å². The zero-order valence-electron chi connectivity index (χ0n) is 19.4. The summed E-state index contributed by atoms with van der Waals surface area (Å²) in [4.78, 5) is 18.3. The normalized spacial score (nSPS) is 18.7. The van der Waals surface area contributed by atoms with Crippen LogP contribution < -0.4 is 4.90 Å². The number of benzene rings is 1. The van der Waals surface area contributed by atoms with E-state index in [4.69, 9.17) is 19.8 Å². The van der Waals surface area contributed by atoms with Gasteiger partial charge in [-0.2, -0.15) is 5.10 Å². The van der Waals surface area contributed by atoms with Crippen molar-refractivity contribution >= 4 is 27.8 Å². The molecule has 0 amide bonds. The van der Waals surface area contributed by atoms with Crippen LogP contribution in [0.5, 0.6) is 0 Å². The predicted molar refractivity (Wildman–Crippen MR) is 131 cm³/mol. The first-order chi connectivity index (χ1) is 16.2. The smallest absolute Gasteiger partial charge is 0.164 e. The minimum absolute atomic E-state index is 0.366. The summed E-state index contributed by atoms with van der Waals surface area (Å²) >= 11 is 0. The number of ether oxygens (including phenoxy) is 1. The Hall–Kier alpha value is -2.97. The minimum Gasteiger partial charge on any atom is -0.378 e. The van der Waals surface area contributed by atoms with Crippen molar-refractivity contribution in [1.29, 1.82) is 0 Å². The molecule has 1 aromatic carbocycles. The van der Waals surface area contributed by atoms with Crippen molar-refractivity contribution in [2.45, 2.75) is 38.8 Å². The van der Waals surface area contributed by atoms with E-state index in [-0.39, 0.29) is 0 Å². The van der Waals surface area contributed by atoms with E-state index in [1.807, 2.05) is 12.4 Å². The summed E-state index contributed by atoms with van der Waals surface area (Å²) in [6.45, 7) is 9.86. The van der Waals surface area contributed by atoms with Crippen molar-refractivity contribution in [2.75, 3.05) is 44.3 Å². The van der Waals surface area contributed by atoms with E-state index >= 15 is 0 Å². The molecular weight excluding hydrogens is 414 g/mol. The summed E-state index contributed by atoms with van der Waals surface area (Å²) in [5.41, 5.74) is 3.09. The highest BCUT2D eigenvalue weighted by Crippen LogP contribution is 2.33. The van der Waals surface area contributed by atoms with Gasteiger partial charge in [0.15, 0.2) is 11.5 Å². The lowest BCUT2D eigenvalue weighted by Gasteiger charge is -2.34. The first-order valence-electron chi connectivity index (χ1n) is 12.1. The molecule has 4 aromatic rings. The molecule has 5 heterocycles. The lowest BCUT2D eigenvalue weighted by molar-refractivity contribution is 0.122. The molecule has 2 saturated heterocycles. The standard InChI is InChI=1S/C25H31N7O/c1-17(2)30-9-6-20(7-10-30)32-25-21(16-27-32)24(31-11-13-33-14-12-31)28-23(29-25)19-3-4-22-18(15-19)5-8-26-22/h3-5,8,15-17,20,26H,6-7,9-14H2,1-2H3. The molecule has 0 saturated carbocycles. The number of piperidine rings is 1. The van der Waals surface area contributed by atoms with E-state index in [1.165, 1.54) is 5.39 Å². The van der Waals surface area contributed by atoms with Gasteiger partial charge in [0.25, 0.3) is 0 Å². The van der Waals surface area contributed by atoms with Gasteiger partial charge < -0.3 is 19.5 Å². The number of H-pyrrole nitrogens is 1. The number of nitrogens with one attached hydrogen (secondary N) is 1. The summed E-state index contributed by atoms with van der Waals surface area (Å²) in [6, 6.07) is 9.41. The number of hydrogen-bond acceptors (Lipinski definition) is 6. The molecule has 0 unspecified atom stereocenters. The number of morpholine rings is 1. The molecule has 172 valence electrons. The third kappa shape index (κ3) is 3.77. The molecule has 2 fully saturated rings. The number of likely N-dealkylation sites (tertiary alicyclic amines) is 1. The van der Waals surface area contributed by atoms with Crippen LogP contribution in [0.2, 0.25) is 0 Å². The van der Waals surface area contributed by atoms with Gasteiger partial charge in [-0.05, 0) is 51.0 Å². The van der Waals surface area contributed by atoms with Crippen molar-refractivity contribution in [3.8, 4) is 11.4 Å². The number of nitrogens with zero attached hydrogens (tertiary/aromatic N) is 6. The number of hydrogen-bond donors (Lipinski definition) is 1. The summed E-state index contributed by atoms with van der Waals surface area (Å²) in [5, 5.41) is 7.06. The van der Waals surface area contributed by atoms with Gasteiger partial charge in [0.2, 0.25) is 0 Å². The monoisotopic (exact) mass is 445 g/mol. The lowest BCUT2D eigenvalue weighted by atomic mass is 10.0. The molecule has 0 spiro atoms. The van der Waals surface area contributed by atoms with Crippen LogP contribution in [0.1, 0.15) is 32.7 Å². The fraction of sp³-hybridized carbons (Fsp3) is 0.480. The summed E-state index contributed by atoms with van der Waals surface area (Å²) in [7, 11) is 0. The van der Waals surface area contributed by atoms with Crippen LogP contribution in [0.25, 0.3) is 33.3 Å². The fourth-order valence-electron chi connectivity index (χ4n) is 5.16. The summed E-state index contributed by atoms with van der Waals surface area (Å²) in [5.74, 6) is 1.73. The highest BCUT2D eigenvalue weighted by atomic mass is 16.5. The van der Waals surface area contributed by atoms with Crippen LogP contribution in [0, 0.1) is 0 Å². The van der Waals surface area contributed by atoms with Crippen LogP contribution in [-0.2, 0) is 4.74 Å². The van der Waals surface area contributed by atoms with Gasteiger partial charge in [-0.25, -0.2) is 14.6 Å². The molecule has 1 N–H and O–H groups in total. The highest BCUT2D eigenvalue weighted by Gasteiger charge is 2.27. The molecule has 0 atom stereocenters. The second kappa shape index (κ2) is 8.43. The third-order valence-electron chi connectivity index (χ3n) is 7.13.